The van der Waals surface area contributed by atoms with E-state index in [2.05, 4.69) is 181 Å². The van der Waals surface area contributed by atoms with E-state index in [9.17, 15) is 0 Å². The molecule has 0 bridgehead atoms. The molecule has 0 aliphatic carbocycles. The van der Waals surface area contributed by atoms with Crippen LogP contribution in [0.2, 0.25) is 0 Å². The molecule has 0 saturated carbocycles. The van der Waals surface area contributed by atoms with Crippen LogP contribution in [-0.4, -0.2) is 0 Å². The van der Waals surface area contributed by atoms with Crippen LogP contribution in [-0.2, 0) is 0 Å². The smallest absolute Gasteiger partial charge is 0.137 e. The predicted octanol–water partition coefficient (Wildman–Crippen LogP) is 13.2. The summed E-state index contributed by atoms with van der Waals surface area (Å²) in [6, 6.07) is 66.9. The van der Waals surface area contributed by atoms with E-state index in [-0.39, 0.29) is 0 Å². The van der Waals surface area contributed by atoms with Crippen molar-refractivity contribution in [3.05, 3.63) is 188 Å². The zero-order valence-electron chi connectivity index (χ0n) is 26.3. The highest BCUT2D eigenvalue weighted by molar-refractivity contribution is 6.06. The number of fused-ring (bicyclic) bond motifs is 4. The number of furan rings is 1. The topological polar surface area (TPSA) is 16.4 Å². The largest absolute Gasteiger partial charge is 0.456 e. The zero-order chi connectivity index (χ0) is 31.9. The van der Waals surface area contributed by atoms with Crippen LogP contribution in [0.5, 0.6) is 0 Å². The van der Waals surface area contributed by atoms with Gasteiger partial charge in [-0.15, -0.1) is 0 Å². The third kappa shape index (κ3) is 5.01. The Morgan fingerprint density at radius 1 is 0.312 bits per heavy atom. The molecule has 2 nitrogen and oxygen atoms in total. The van der Waals surface area contributed by atoms with Crippen molar-refractivity contribution in [2.75, 3.05) is 4.90 Å². The van der Waals surface area contributed by atoms with Crippen molar-refractivity contribution in [3.8, 4) is 33.4 Å². The first-order valence-electron chi connectivity index (χ1n) is 16.3. The number of rotatable bonds is 6. The fourth-order valence-electron chi connectivity index (χ4n) is 6.88. The van der Waals surface area contributed by atoms with Crippen molar-refractivity contribution >= 4 is 49.8 Å². The maximum Gasteiger partial charge on any atom is 0.137 e. The first kappa shape index (κ1) is 27.9. The molecule has 0 fully saturated rings. The summed E-state index contributed by atoms with van der Waals surface area (Å²) < 4.78 is 6.33. The van der Waals surface area contributed by atoms with Gasteiger partial charge in [-0.05, 0) is 86.6 Å². The highest BCUT2D eigenvalue weighted by Crippen LogP contribution is 2.40. The van der Waals surface area contributed by atoms with Crippen molar-refractivity contribution in [1.82, 2.24) is 0 Å². The molecule has 48 heavy (non-hydrogen) atoms. The van der Waals surface area contributed by atoms with Crippen molar-refractivity contribution in [1.29, 1.82) is 0 Å². The van der Waals surface area contributed by atoms with E-state index >= 15 is 0 Å². The highest BCUT2D eigenvalue weighted by Gasteiger charge is 2.16. The van der Waals surface area contributed by atoms with Crippen LogP contribution >= 0.6 is 0 Å². The maximum atomic E-state index is 6.33. The summed E-state index contributed by atoms with van der Waals surface area (Å²) in [5.41, 5.74) is 12.2. The van der Waals surface area contributed by atoms with Crippen molar-refractivity contribution in [2.45, 2.75) is 0 Å². The number of nitrogens with zero attached hydrogens (tertiary/aromatic N) is 1. The predicted molar refractivity (Wildman–Crippen MR) is 202 cm³/mol. The van der Waals surface area contributed by atoms with Crippen LogP contribution in [0.3, 0.4) is 0 Å². The van der Waals surface area contributed by atoms with E-state index in [1.807, 2.05) is 12.1 Å². The second-order valence-electron chi connectivity index (χ2n) is 12.2. The lowest BCUT2D eigenvalue weighted by Gasteiger charge is -2.26. The van der Waals surface area contributed by atoms with Crippen LogP contribution in [0.25, 0.3) is 66.1 Å². The summed E-state index contributed by atoms with van der Waals surface area (Å²) in [5, 5.41) is 4.77. The van der Waals surface area contributed by atoms with Gasteiger partial charge >= 0.3 is 0 Å². The normalized spacial score (nSPS) is 11.3. The molecule has 1 aromatic heterocycles. The Kier molecular flexibility index (Phi) is 6.84. The number of hydrogen-bond donors (Lipinski definition) is 0. The third-order valence-corrected chi connectivity index (χ3v) is 9.28. The van der Waals surface area contributed by atoms with Gasteiger partial charge in [0.2, 0.25) is 0 Å². The van der Waals surface area contributed by atoms with Crippen LogP contribution in [0.1, 0.15) is 0 Å². The van der Waals surface area contributed by atoms with Gasteiger partial charge in [-0.2, -0.15) is 0 Å². The molecule has 9 rings (SSSR count). The monoisotopic (exact) mass is 613 g/mol. The fourth-order valence-corrected chi connectivity index (χ4v) is 6.88. The van der Waals surface area contributed by atoms with Gasteiger partial charge in [0, 0.05) is 33.9 Å². The Balaban J connectivity index is 1.13. The van der Waals surface area contributed by atoms with Gasteiger partial charge in [-0.3, -0.25) is 0 Å². The summed E-state index contributed by atoms with van der Waals surface area (Å²) in [6.07, 6.45) is 0. The minimum absolute atomic E-state index is 0.875. The molecule has 9 aromatic rings. The van der Waals surface area contributed by atoms with E-state index in [4.69, 9.17) is 4.42 Å². The molecule has 0 atom stereocenters. The Morgan fingerprint density at radius 2 is 0.875 bits per heavy atom. The van der Waals surface area contributed by atoms with Gasteiger partial charge in [-0.1, -0.05) is 140 Å². The van der Waals surface area contributed by atoms with Crippen LogP contribution in [0.4, 0.5) is 17.1 Å². The number of benzene rings is 8. The van der Waals surface area contributed by atoms with Gasteiger partial charge in [0.1, 0.15) is 11.2 Å². The molecule has 226 valence electrons. The van der Waals surface area contributed by atoms with E-state index in [1.165, 1.54) is 38.6 Å². The summed E-state index contributed by atoms with van der Waals surface area (Å²) in [5.74, 6) is 0. The Bertz CT molecular complexity index is 2540. The van der Waals surface area contributed by atoms with E-state index in [1.54, 1.807) is 0 Å². The summed E-state index contributed by atoms with van der Waals surface area (Å²) in [7, 11) is 0. The van der Waals surface area contributed by atoms with Gasteiger partial charge in [0.15, 0.2) is 0 Å². The molecule has 1 heterocycles. The van der Waals surface area contributed by atoms with Crippen LogP contribution in [0, 0.1) is 0 Å². The summed E-state index contributed by atoms with van der Waals surface area (Å²) >= 11 is 0. The third-order valence-electron chi connectivity index (χ3n) is 9.28. The quantitative estimate of drug-likeness (QED) is 0.185. The van der Waals surface area contributed by atoms with E-state index in [0.29, 0.717) is 0 Å². The molecule has 0 N–H and O–H groups in total. The summed E-state index contributed by atoms with van der Waals surface area (Å²) in [6.45, 7) is 0. The average molecular weight is 614 g/mol. The van der Waals surface area contributed by atoms with E-state index in [0.717, 1.165) is 44.6 Å². The fraction of sp³-hybridized carbons (Fsp3) is 0. The molecule has 0 unspecified atom stereocenters. The number of anilines is 3. The first-order valence-corrected chi connectivity index (χ1v) is 16.3. The second kappa shape index (κ2) is 11.8. The lowest BCUT2D eigenvalue weighted by atomic mass is 9.96. The highest BCUT2D eigenvalue weighted by atomic mass is 16.3. The minimum Gasteiger partial charge on any atom is -0.456 e. The molecule has 0 aliphatic rings. The lowest BCUT2D eigenvalue weighted by Crippen LogP contribution is -2.10. The van der Waals surface area contributed by atoms with Crippen molar-refractivity contribution in [3.63, 3.8) is 0 Å². The van der Waals surface area contributed by atoms with Gasteiger partial charge in [0.25, 0.3) is 0 Å². The van der Waals surface area contributed by atoms with Gasteiger partial charge < -0.3 is 9.32 Å². The first-order chi connectivity index (χ1) is 23.8. The Labute approximate surface area is 279 Å². The molecular weight excluding hydrogens is 583 g/mol. The second-order valence-corrected chi connectivity index (χ2v) is 12.2. The molecule has 0 saturated heterocycles. The molecule has 0 spiro atoms. The van der Waals surface area contributed by atoms with Gasteiger partial charge in [-0.25, -0.2) is 0 Å². The van der Waals surface area contributed by atoms with Crippen molar-refractivity contribution < 1.29 is 4.42 Å². The number of hydrogen-bond acceptors (Lipinski definition) is 2. The lowest BCUT2D eigenvalue weighted by molar-refractivity contribution is 0.669. The van der Waals surface area contributed by atoms with E-state index < -0.39 is 0 Å². The number of para-hydroxylation sites is 1. The zero-order valence-corrected chi connectivity index (χ0v) is 26.3. The maximum absolute atomic E-state index is 6.33. The van der Waals surface area contributed by atoms with Gasteiger partial charge in [0.05, 0.1) is 0 Å². The standard InChI is InChI=1S/C46H31NO/c1-2-10-32(11-3-1)33-24-26-38(27-25-33)47(40-28-29-44-43-17-6-7-19-45(43)48-46(44)31-40)39-15-8-14-37(30-39)34-20-22-36(23-21-34)42-18-9-13-35-12-4-5-16-41(35)42/h1-31H. The molecule has 0 amide bonds. The average Bonchev–Trinajstić information content (AvgIpc) is 3.54. The van der Waals surface area contributed by atoms with Crippen LogP contribution in [0.15, 0.2) is 192 Å². The Morgan fingerprint density at radius 3 is 1.73 bits per heavy atom. The molecule has 8 aromatic carbocycles. The molecular formula is C46H31NO. The minimum atomic E-state index is 0.875. The van der Waals surface area contributed by atoms with Crippen molar-refractivity contribution in [2.24, 2.45) is 0 Å². The summed E-state index contributed by atoms with van der Waals surface area (Å²) in [4.78, 5) is 2.31. The Hall–Kier alpha value is -6.38. The SMILES string of the molecule is c1ccc(-c2ccc(N(c3cccc(-c4ccc(-c5cccc6ccccc56)cc4)c3)c3ccc4c(c3)oc3ccccc34)cc2)cc1. The molecule has 0 aliphatic heterocycles. The molecule has 2 heteroatoms. The molecule has 0 radical (unpaired) electrons. The van der Waals surface area contributed by atoms with Crippen LogP contribution < -0.4 is 4.90 Å².